The molecule has 0 aliphatic rings. The highest BCUT2D eigenvalue weighted by atomic mass is 35.5. The van der Waals surface area contributed by atoms with Crippen LogP contribution in [0, 0.1) is 6.92 Å². The highest BCUT2D eigenvalue weighted by Gasteiger charge is 2.19. The van der Waals surface area contributed by atoms with Gasteiger partial charge in [-0.2, -0.15) is 0 Å². The quantitative estimate of drug-likeness (QED) is 0.712. The second-order valence-electron chi connectivity index (χ2n) is 5.42. The molecular weight excluding hydrogens is 362 g/mol. The first kappa shape index (κ1) is 19.4. The zero-order chi connectivity index (χ0) is 18.2. The number of hydrogen-bond donors (Lipinski definition) is 1. The van der Waals surface area contributed by atoms with Crippen molar-refractivity contribution in [3.63, 3.8) is 0 Å². The van der Waals surface area contributed by atoms with Crippen LogP contribution in [-0.4, -0.2) is 48.5 Å². The number of halogens is 1. The molecule has 0 saturated carbocycles. The lowest BCUT2D eigenvalue weighted by molar-refractivity contribution is -0.116. The smallest absolute Gasteiger partial charge is 0.254 e. The molecule has 1 aromatic heterocycles. The molecule has 0 aliphatic carbocycles. The van der Waals surface area contributed by atoms with Crippen molar-refractivity contribution in [2.45, 2.75) is 13.3 Å². The molecule has 6 nitrogen and oxygen atoms in total. The van der Waals surface area contributed by atoms with E-state index < -0.39 is 0 Å². The van der Waals surface area contributed by atoms with Crippen molar-refractivity contribution in [2.24, 2.45) is 0 Å². The van der Waals surface area contributed by atoms with Gasteiger partial charge in [-0.05, 0) is 37.6 Å². The molecule has 1 heterocycles. The summed E-state index contributed by atoms with van der Waals surface area (Å²) in [4.78, 5) is 30.6. The van der Waals surface area contributed by atoms with E-state index in [9.17, 15) is 9.59 Å². The molecule has 25 heavy (non-hydrogen) atoms. The molecule has 0 saturated heterocycles. The number of aryl methyl sites for hydroxylation is 1. The molecule has 0 radical (unpaired) electrons. The Morgan fingerprint density at radius 1 is 1.32 bits per heavy atom. The fourth-order valence-corrected chi connectivity index (χ4v) is 3.00. The van der Waals surface area contributed by atoms with Crippen LogP contribution in [0.1, 0.15) is 22.5 Å². The summed E-state index contributed by atoms with van der Waals surface area (Å²) in [7, 11) is 1.60. The fourth-order valence-electron chi connectivity index (χ4n) is 2.17. The summed E-state index contributed by atoms with van der Waals surface area (Å²) in [5, 5.41) is 5.65. The normalized spacial score (nSPS) is 10.5. The van der Waals surface area contributed by atoms with Gasteiger partial charge in [0.15, 0.2) is 5.13 Å². The number of rotatable bonds is 8. The van der Waals surface area contributed by atoms with Gasteiger partial charge in [0.05, 0.1) is 5.69 Å². The minimum Gasteiger partial charge on any atom is -0.385 e. The van der Waals surface area contributed by atoms with Crippen LogP contribution in [0.4, 0.5) is 5.13 Å². The summed E-state index contributed by atoms with van der Waals surface area (Å²) < 4.78 is 5.03. The second kappa shape index (κ2) is 9.50. The average Bonchev–Trinajstić information content (AvgIpc) is 2.99. The van der Waals surface area contributed by atoms with Gasteiger partial charge in [-0.15, -0.1) is 11.3 Å². The number of nitrogens with one attached hydrogen (secondary N) is 1. The maximum absolute atomic E-state index is 12.7. The number of ether oxygens (including phenoxy) is 1. The Morgan fingerprint density at radius 2 is 2.04 bits per heavy atom. The van der Waals surface area contributed by atoms with Crippen LogP contribution in [0.15, 0.2) is 29.6 Å². The first-order valence-electron chi connectivity index (χ1n) is 7.75. The zero-order valence-electron chi connectivity index (χ0n) is 14.1. The number of amides is 2. The number of anilines is 1. The van der Waals surface area contributed by atoms with Crippen molar-refractivity contribution < 1.29 is 14.3 Å². The topological polar surface area (TPSA) is 71.5 Å². The Bertz CT molecular complexity index is 718. The van der Waals surface area contributed by atoms with E-state index in [0.29, 0.717) is 35.3 Å². The number of nitrogens with zero attached hydrogens (tertiary/aromatic N) is 2. The third kappa shape index (κ3) is 6.12. The van der Waals surface area contributed by atoms with Crippen LogP contribution < -0.4 is 5.32 Å². The summed E-state index contributed by atoms with van der Waals surface area (Å²) in [6.45, 7) is 2.73. The lowest BCUT2D eigenvalue weighted by atomic mass is 10.2. The van der Waals surface area contributed by atoms with Crippen molar-refractivity contribution in [1.82, 2.24) is 9.88 Å². The van der Waals surface area contributed by atoms with Crippen molar-refractivity contribution in [2.75, 3.05) is 32.1 Å². The molecule has 2 amide bonds. The molecule has 1 N–H and O–H groups in total. The predicted molar refractivity (Wildman–Crippen MR) is 99.3 cm³/mol. The van der Waals surface area contributed by atoms with Crippen molar-refractivity contribution in [3.05, 3.63) is 45.9 Å². The number of hydrogen-bond acceptors (Lipinski definition) is 5. The molecule has 2 aromatic rings. The van der Waals surface area contributed by atoms with Gasteiger partial charge in [-0.1, -0.05) is 11.6 Å². The molecule has 134 valence electrons. The lowest BCUT2D eigenvalue weighted by Gasteiger charge is -2.22. The van der Waals surface area contributed by atoms with Gasteiger partial charge in [-0.25, -0.2) is 4.98 Å². The summed E-state index contributed by atoms with van der Waals surface area (Å²) in [5.74, 6) is -0.507. The number of aromatic nitrogens is 1. The zero-order valence-corrected chi connectivity index (χ0v) is 15.7. The molecule has 0 spiro atoms. The Balaban J connectivity index is 2.04. The van der Waals surface area contributed by atoms with Crippen LogP contribution in [0.3, 0.4) is 0 Å². The number of carbonyl (C=O) groups is 2. The van der Waals surface area contributed by atoms with Gasteiger partial charge in [0, 0.05) is 36.2 Å². The third-order valence-electron chi connectivity index (χ3n) is 3.35. The molecule has 2 rings (SSSR count). The fraction of sp³-hybridized carbons (Fsp3) is 0.353. The van der Waals surface area contributed by atoms with Gasteiger partial charge in [0.1, 0.15) is 6.54 Å². The molecule has 0 unspecified atom stereocenters. The highest BCUT2D eigenvalue weighted by molar-refractivity contribution is 7.13. The van der Waals surface area contributed by atoms with E-state index in [-0.39, 0.29) is 18.4 Å². The van der Waals surface area contributed by atoms with E-state index in [1.165, 1.54) is 16.2 Å². The van der Waals surface area contributed by atoms with Gasteiger partial charge >= 0.3 is 0 Å². The Hall–Kier alpha value is -1.96. The maximum Gasteiger partial charge on any atom is 0.254 e. The van der Waals surface area contributed by atoms with E-state index in [4.69, 9.17) is 16.3 Å². The maximum atomic E-state index is 12.7. The Kier molecular flexibility index (Phi) is 7.36. The average molecular weight is 382 g/mol. The molecular formula is C17H20ClN3O3S. The first-order chi connectivity index (χ1) is 12.0. The van der Waals surface area contributed by atoms with E-state index in [0.717, 1.165) is 5.69 Å². The minimum absolute atomic E-state index is 0.0518. The number of methoxy groups -OCH3 is 1. The predicted octanol–water partition coefficient (Wildman–Crippen LogP) is 3.22. The third-order valence-corrected chi connectivity index (χ3v) is 4.48. The van der Waals surface area contributed by atoms with Crippen molar-refractivity contribution >= 4 is 39.9 Å². The standard InChI is InChI=1S/C17H20ClN3O3S/c1-12-11-25-17(19-12)20-15(22)10-21(8-3-9-24-2)16(23)13-4-6-14(18)7-5-13/h4-7,11H,3,8-10H2,1-2H3,(H,19,20,22). The Labute approximate surface area is 155 Å². The van der Waals surface area contributed by atoms with Crippen molar-refractivity contribution in [1.29, 1.82) is 0 Å². The van der Waals surface area contributed by atoms with Gasteiger partial charge < -0.3 is 15.0 Å². The van der Waals surface area contributed by atoms with Crippen LogP contribution in [0.25, 0.3) is 0 Å². The van der Waals surface area contributed by atoms with Gasteiger partial charge in [-0.3, -0.25) is 9.59 Å². The largest absolute Gasteiger partial charge is 0.385 e. The summed E-state index contributed by atoms with van der Waals surface area (Å²) in [6.07, 6.45) is 0.638. The molecule has 0 bridgehead atoms. The van der Waals surface area contributed by atoms with Crippen LogP contribution >= 0.6 is 22.9 Å². The van der Waals surface area contributed by atoms with E-state index >= 15 is 0 Å². The summed E-state index contributed by atoms with van der Waals surface area (Å²) in [6, 6.07) is 6.60. The number of benzene rings is 1. The highest BCUT2D eigenvalue weighted by Crippen LogP contribution is 2.15. The minimum atomic E-state index is -0.283. The van der Waals surface area contributed by atoms with Gasteiger partial charge in [0.2, 0.25) is 5.91 Å². The monoisotopic (exact) mass is 381 g/mol. The van der Waals surface area contributed by atoms with Crippen LogP contribution in [0.2, 0.25) is 5.02 Å². The first-order valence-corrected chi connectivity index (χ1v) is 9.01. The van der Waals surface area contributed by atoms with Gasteiger partial charge in [0.25, 0.3) is 5.91 Å². The SMILES string of the molecule is COCCCN(CC(=O)Nc1nc(C)cs1)C(=O)c1ccc(Cl)cc1. The number of carbonyl (C=O) groups excluding carboxylic acids is 2. The van der Waals surface area contributed by atoms with Crippen molar-refractivity contribution in [3.8, 4) is 0 Å². The summed E-state index contributed by atoms with van der Waals surface area (Å²) in [5.41, 5.74) is 1.33. The molecule has 1 aromatic carbocycles. The Morgan fingerprint density at radius 3 is 2.64 bits per heavy atom. The van der Waals surface area contributed by atoms with Crippen LogP contribution in [-0.2, 0) is 9.53 Å². The van der Waals surface area contributed by atoms with Crippen LogP contribution in [0.5, 0.6) is 0 Å². The number of thiazole rings is 1. The second-order valence-corrected chi connectivity index (χ2v) is 6.72. The molecule has 0 aliphatic heterocycles. The molecule has 0 fully saturated rings. The van der Waals surface area contributed by atoms with E-state index in [2.05, 4.69) is 10.3 Å². The van der Waals surface area contributed by atoms with E-state index in [1.807, 2.05) is 12.3 Å². The molecule has 0 atom stereocenters. The molecule has 8 heteroatoms. The van der Waals surface area contributed by atoms with E-state index in [1.54, 1.807) is 31.4 Å². The lowest BCUT2D eigenvalue weighted by Crippen LogP contribution is -2.39. The summed E-state index contributed by atoms with van der Waals surface area (Å²) >= 11 is 7.22.